The Hall–Kier alpha value is -0.470. The van der Waals surface area contributed by atoms with E-state index in [-0.39, 0.29) is 0 Å². The van der Waals surface area contributed by atoms with Gasteiger partial charge in [-0.2, -0.15) is 0 Å². The van der Waals surface area contributed by atoms with Crippen LogP contribution < -0.4 is 0 Å². The molecule has 134 valence electrons. The maximum Gasteiger partial charge on any atom is 0.108 e. The minimum atomic E-state index is -0.550. The van der Waals surface area contributed by atoms with Crippen LogP contribution >= 0.6 is 0 Å². The Morgan fingerprint density at radius 1 is 1.17 bits per heavy atom. The lowest BCUT2D eigenvalue weighted by Crippen LogP contribution is -2.51. The molecule has 0 aliphatic heterocycles. The Kier molecular flexibility index (Phi) is 4.28. The van der Waals surface area contributed by atoms with E-state index in [1.807, 2.05) is 0 Å². The minimum absolute atomic E-state index is 0.453. The van der Waals surface area contributed by atoms with Crippen LogP contribution in [-0.4, -0.2) is 24.4 Å². The van der Waals surface area contributed by atoms with Crippen molar-refractivity contribution in [2.45, 2.75) is 70.8 Å². The molecule has 3 fully saturated rings. The predicted octanol–water partition coefficient (Wildman–Crippen LogP) is 4.78. The number of hydrogen-bond acceptors (Lipinski definition) is 2. The fraction of sp³-hybridized carbons (Fsp3) is 0.864. The zero-order valence-electron chi connectivity index (χ0n) is 15.8. The second kappa shape index (κ2) is 6.06. The molecule has 7 atom stereocenters. The van der Waals surface area contributed by atoms with Crippen molar-refractivity contribution in [1.29, 1.82) is 0 Å². The van der Waals surface area contributed by atoms with Crippen LogP contribution in [0.3, 0.4) is 0 Å². The van der Waals surface area contributed by atoms with E-state index in [2.05, 4.69) is 26.3 Å². The summed E-state index contributed by atoms with van der Waals surface area (Å²) in [5.41, 5.74) is 1.53. The Bertz CT molecular complexity index is 512. The van der Waals surface area contributed by atoms with Gasteiger partial charge in [0.2, 0.25) is 0 Å². The highest BCUT2D eigenvalue weighted by Crippen LogP contribution is 2.63. The lowest BCUT2D eigenvalue weighted by atomic mass is 9.49. The molecule has 4 rings (SSSR count). The Morgan fingerprint density at radius 3 is 2.71 bits per heavy atom. The monoisotopic (exact) mass is 331 g/mol. The molecule has 0 unspecified atom stereocenters. The molecule has 0 aromatic heterocycles. The fourth-order valence-corrected chi connectivity index (χ4v) is 7.41. The SMILES string of the molecule is C[CH+]C1=CC[C@H]2[C@@H]3CC[C@@H]4C[C@](O)(COC)CC[C@@H]4[C@H]3CC[C@]12C. The maximum atomic E-state index is 10.8. The van der Waals surface area contributed by atoms with Crippen LogP contribution in [-0.2, 0) is 4.74 Å². The first-order chi connectivity index (χ1) is 11.5. The lowest BCUT2D eigenvalue weighted by molar-refractivity contribution is -0.119. The zero-order valence-corrected chi connectivity index (χ0v) is 15.8. The summed E-state index contributed by atoms with van der Waals surface area (Å²) in [7, 11) is 1.72. The molecule has 3 saturated carbocycles. The van der Waals surface area contributed by atoms with Gasteiger partial charge in [0, 0.05) is 38.4 Å². The molecule has 0 heterocycles. The summed E-state index contributed by atoms with van der Waals surface area (Å²) in [6, 6.07) is 0. The third kappa shape index (κ3) is 2.48. The molecule has 0 aromatic carbocycles. The van der Waals surface area contributed by atoms with E-state index in [4.69, 9.17) is 4.74 Å². The predicted molar refractivity (Wildman–Crippen MR) is 97.4 cm³/mol. The highest BCUT2D eigenvalue weighted by Gasteiger charge is 2.57. The molecule has 2 nitrogen and oxygen atoms in total. The Labute approximate surface area is 148 Å². The molecule has 4 aliphatic carbocycles. The van der Waals surface area contributed by atoms with E-state index in [0.29, 0.717) is 12.0 Å². The molecule has 0 bridgehead atoms. The standard InChI is InChI=1S/C22H35O2/c1-4-16-6-8-20-19-7-5-15-13-22(23,14-24-3)12-10-17(15)18(19)9-11-21(16,20)2/h4,6,15,17-20,23H,5,7-14H2,1-3H3/q+1/t15-,17+,18-,19-,20+,21-,22+/m1/s1. The summed E-state index contributed by atoms with van der Waals surface area (Å²) in [6.45, 7) is 5.28. The van der Waals surface area contributed by atoms with Gasteiger partial charge in [0.1, 0.15) is 5.57 Å². The van der Waals surface area contributed by atoms with Crippen LogP contribution in [0.15, 0.2) is 11.6 Å². The van der Waals surface area contributed by atoms with Crippen molar-refractivity contribution in [1.82, 2.24) is 0 Å². The van der Waals surface area contributed by atoms with E-state index in [0.717, 1.165) is 42.4 Å². The fourth-order valence-electron chi connectivity index (χ4n) is 7.41. The number of ether oxygens (including phenoxy) is 1. The third-order valence-corrected chi connectivity index (χ3v) is 8.47. The van der Waals surface area contributed by atoms with E-state index in [1.165, 1.54) is 38.5 Å². The zero-order chi connectivity index (χ0) is 16.9. The Balaban J connectivity index is 1.50. The largest absolute Gasteiger partial charge is 0.387 e. The summed E-state index contributed by atoms with van der Waals surface area (Å²) >= 11 is 0. The first kappa shape index (κ1) is 17.0. The number of allylic oxidation sites excluding steroid dienone is 2. The summed E-state index contributed by atoms with van der Waals surface area (Å²) in [4.78, 5) is 0. The smallest absolute Gasteiger partial charge is 0.108 e. The molecule has 0 saturated heterocycles. The van der Waals surface area contributed by atoms with Crippen LogP contribution in [0, 0.1) is 41.4 Å². The summed E-state index contributed by atoms with van der Waals surface area (Å²) < 4.78 is 5.30. The van der Waals surface area contributed by atoms with Gasteiger partial charge in [0.15, 0.2) is 0 Å². The van der Waals surface area contributed by atoms with Gasteiger partial charge in [-0.15, -0.1) is 0 Å². The van der Waals surface area contributed by atoms with Gasteiger partial charge in [-0.25, -0.2) is 0 Å². The van der Waals surface area contributed by atoms with Gasteiger partial charge in [-0.3, -0.25) is 0 Å². The van der Waals surface area contributed by atoms with Gasteiger partial charge in [-0.05, 0) is 74.5 Å². The van der Waals surface area contributed by atoms with Gasteiger partial charge in [0.05, 0.1) is 12.2 Å². The number of fused-ring (bicyclic) bond motifs is 5. The first-order valence-corrected chi connectivity index (χ1v) is 10.2. The summed E-state index contributed by atoms with van der Waals surface area (Å²) in [5, 5.41) is 10.8. The summed E-state index contributed by atoms with van der Waals surface area (Å²) in [6.07, 6.45) is 14.9. The van der Waals surface area contributed by atoms with Crippen molar-refractivity contribution in [2.75, 3.05) is 13.7 Å². The normalized spacial score (nSPS) is 50.5. The highest BCUT2D eigenvalue weighted by molar-refractivity contribution is 5.30. The van der Waals surface area contributed by atoms with Crippen molar-refractivity contribution < 1.29 is 9.84 Å². The van der Waals surface area contributed by atoms with Crippen molar-refractivity contribution in [3.05, 3.63) is 18.1 Å². The Morgan fingerprint density at radius 2 is 1.96 bits per heavy atom. The van der Waals surface area contributed by atoms with E-state index < -0.39 is 5.60 Å². The van der Waals surface area contributed by atoms with Crippen LogP contribution in [0.1, 0.15) is 65.2 Å². The topological polar surface area (TPSA) is 29.5 Å². The van der Waals surface area contributed by atoms with Crippen LogP contribution in [0.2, 0.25) is 0 Å². The van der Waals surface area contributed by atoms with E-state index in [9.17, 15) is 5.11 Å². The van der Waals surface area contributed by atoms with Gasteiger partial charge >= 0.3 is 0 Å². The molecule has 0 radical (unpaired) electrons. The molecule has 24 heavy (non-hydrogen) atoms. The van der Waals surface area contributed by atoms with Gasteiger partial charge in [0.25, 0.3) is 0 Å². The number of hydrogen-bond donors (Lipinski definition) is 1. The lowest BCUT2D eigenvalue weighted by Gasteiger charge is -2.55. The van der Waals surface area contributed by atoms with Crippen LogP contribution in [0.25, 0.3) is 0 Å². The second-order valence-corrected chi connectivity index (χ2v) is 9.48. The van der Waals surface area contributed by atoms with E-state index in [1.54, 1.807) is 12.7 Å². The molecule has 2 heteroatoms. The van der Waals surface area contributed by atoms with Crippen LogP contribution in [0.4, 0.5) is 0 Å². The summed E-state index contributed by atoms with van der Waals surface area (Å²) in [5.74, 6) is 4.31. The number of methoxy groups -OCH3 is 1. The van der Waals surface area contributed by atoms with Crippen molar-refractivity contribution in [3.8, 4) is 0 Å². The average Bonchev–Trinajstić information content (AvgIpc) is 2.90. The molecule has 0 aromatic rings. The number of aliphatic hydroxyl groups is 1. The second-order valence-electron chi connectivity index (χ2n) is 9.48. The van der Waals surface area contributed by atoms with E-state index >= 15 is 0 Å². The van der Waals surface area contributed by atoms with Gasteiger partial charge < -0.3 is 9.84 Å². The molecular weight excluding hydrogens is 296 g/mol. The average molecular weight is 332 g/mol. The maximum absolute atomic E-state index is 10.8. The third-order valence-electron chi connectivity index (χ3n) is 8.47. The van der Waals surface area contributed by atoms with Crippen LogP contribution in [0.5, 0.6) is 0 Å². The van der Waals surface area contributed by atoms with Gasteiger partial charge in [-0.1, -0.05) is 6.92 Å². The molecule has 0 amide bonds. The quantitative estimate of drug-likeness (QED) is 0.754. The highest BCUT2D eigenvalue weighted by atomic mass is 16.5. The van der Waals surface area contributed by atoms with Crippen molar-refractivity contribution >= 4 is 0 Å². The number of rotatable bonds is 3. The first-order valence-electron chi connectivity index (χ1n) is 10.2. The molecule has 0 spiro atoms. The molecular formula is C22H35O2+. The molecule has 1 N–H and O–H groups in total. The molecule has 4 aliphatic rings. The van der Waals surface area contributed by atoms with Crippen molar-refractivity contribution in [2.24, 2.45) is 35.0 Å². The minimum Gasteiger partial charge on any atom is -0.387 e. The van der Waals surface area contributed by atoms with Crippen molar-refractivity contribution in [3.63, 3.8) is 0 Å².